The maximum Gasteiger partial charge on any atom is 0.149 e. The lowest BCUT2D eigenvalue weighted by molar-refractivity contribution is 0.193. The maximum absolute atomic E-state index is 14.0. The highest BCUT2D eigenvalue weighted by molar-refractivity contribution is 5.24. The predicted octanol–water partition coefficient (Wildman–Crippen LogP) is 1.98. The molecule has 70 valence electrons. The molecule has 1 unspecified atom stereocenters. The van der Waals surface area contributed by atoms with Gasteiger partial charge in [0.05, 0.1) is 0 Å². The van der Waals surface area contributed by atoms with E-state index in [-0.39, 0.29) is 5.82 Å². The van der Waals surface area contributed by atoms with Gasteiger partial charge in [0.15, 0.2) is 0 Å². The van der Waals surface area contributed by atoms with Crippen LogP contribution in [0.3, 0.4) is 0 Å². The third kappa shape index (κ3) is 1.56. The van der Waals surface area contributed by atoms with Gasteiger partial charge in [-0.1, -0.05) is 12.1 Å². The fraction of sp³-hybridized carbons (Fsp3) is 0.400. The van der Waals surface area contributed by atoms with E-state index in [1.54, 1.807) is 0 Å². The number of rotatable bonds is 1. The van der Waals surface area contributed by atoms with Gasteiger partial charge < -0.3 is 5.32 Å². The summed E-state index contributed by atoms with van der Waals surface area (Å²) in [6.45, 7) is 1.02. The molecule has 0 amide bonds. The van der Waals surface area contributed by atoms with Crippen LogP contribution in [-0.2, 0) is 5.67 Å². The molecular formula is C10H11F2N. The highest BCUT2D eigenvalue weighted by Gasteiger charge is 2.35. The minimum Gasteiger partial charge on any atom is -0.313 e. The van der Waals surface area contributed by atoms with Crippen LogP contribution in [0.25, 0.3) is 0 Å². The summed E-state index contributed by atoms with van der Waals surface area (Å²) < 4.78 is 26.6. The number of alkyl halides is 1. The van der Waals surface area contributed by atoms with Crippen molar-refractivity contribution in [3.8, 4) is 0 Å². The van der Waals surface area contributed by atoms with Gasteiger partial charge in [0, 0.05) is 6.54 Å². The van der Waals surface area contributed by atoms with E-state index in [9.17, 15) is 8.78 Å². The molecule has 1 aromatic rings. The van der Waals surface area contributed by atoms with E-state index in [0.29, 0.717) is 25.1 Å². The fourth-order valence-corrected chi connectivity index (χ4v) is 1.66. The molecule has 0 spiro atoms. The van der Waals surface area contributed by atoms with Crippen LogP contribution in [0.5, 0.6) is 0 Å². The molecule has 1 atom stereocenters. The summed E-state index contributed by atoms with van der Waals surface area (Å²) in [6, 6.07) is 5.63. The zero-order valence-corrected chi connectivity index (χ0v) is 7.19. The molecule has 1 aromatic carbocycles. The minimum absolute atomic E-state index is 0.321. The topological polar surface area (TPSA) is 12.0 Å². The number of nitrogens with one attached hydrogen (secondary N) is 1. The second-order valence-electron chi connectivity index (χ2n) is 3.40. The Kier molecular flexibility index (Phi) is 2.04. The highest BCUT2D eigenvalue weighted by atomic mass is 19.1. The molecule has 0 saturated carbocycles. The Bertz CT molecular complexity index is 288. The Balaban J connectivity index is 2.29. The molecule has 1 nitrogen and oxygen atoms in total. The quantitative estimate of drug-likeness (QED) is 0.702. The van der Waals surface area contributed by atoms with Gasteiger partial charge in [0.2, 0.25) is 0 Å². The number of hydrogen-bond donors (Lipinski definition) is 1. The Morgan fingerprint density at radius 2 is 1.92 bits per heavy atom. The van der Waals surface area contributed by atoms with Crippen LogP contribution in [0.1, 0.15) is 12.0 Å². The van der Waals surface area contributed by atoms with Crippen LogP contribution in [0, 0.1) is 5.82 Å². The lowest BCUT2D eigenvalue weighted by atomic mass is 9.95. The van der Waals surface area contributed by atoms with Gasteiger partial charge in [-0.15, -0.1) is 0 Å². The molecule has 1 fully saturated rings. The van der Waals surface area contributed by atoms with E-state index >= 15 is 0 Å². The summed E-state index contributed by atoms with van der Waals surface area (Å²) >= 11 is 0. The molecule has 1 heterocycles. The lowest BCUT2D eigenvalue weighted by Crippen LogP contribution is -2.23. The van der Waals surface area contributed by atoms with Crippen molar-refractivity contribution in [3.63, 3.8) is 0 Å². The van der Waals surface area contributed by atoms with Gasteiger partial charge in [0.25, 0.3) is 0 Å². The van der Waals surface area contributed by atoms with Crippen molar-refractivity contribution in [1.29, 1.82) is 0 Å². The largest absolute Gasteiger partial charge is 0.313 e. The van der Waals surface area contributed by atoms with E-state index in [2.05, 4.69) is 5.32 Å². The number of benzene rings is 1. The summed E-state index contributed by atoms with van der Waals surface area (Å²) in [5.41, 5.74) is -0.729. The molecule has 0 radical (unpaired) electrons. The van der Waals surface area contributed by atoms with Crippen molar-refractivity contribution in [2.75, 3.05) is 13.1 Å². The van der Waals surface area contributed by atoms with E-state index in [1.165, 1.54) is 24.3 Å². The van der Waals surface area contributed by atoms with Gasteiger partial charge in [-0.2, -0.15) is 0 Å². The molecular weight excluding hydrogens is 172 g/mol. The van der Waals surface area contributed by atoms with Gasteiger partial charge in [-0.05, 0) is 30.7 Å². The van der Waals surface area contributed by atoms with Crippen molar-refractivity contribution in [2.24, 2.45) is 0 Å². The van der Waals surface area contributed by atoms with Gasteiger partial charge >= 0.3 is 0 Å². The molecule has 0 aromatic heterocycles. The zero-order valence-electron chi connectivity index (χ0n) is 7.19. The van der Waals surface area contributed by atoms with Crippen LogP contribution in [-0.4, -0.2) is 13.1 Å². The molecule has 1 saturated heterocycles. The third-order valence-corrected chi connectivity index (χ3v) is 2.46. The van der Waals surface area contributed by atoms with Crippen molar-refractivity contribution in [3.05, 3.63) is 35.6 Å². The Morgan fingerprint density at radius 1 is 1.23 bits per heavy atom. The highest BCUT2D eigenvalue weighted by Crippen LogP contribution is 2.31. The molecule has 0 bridgehead atoms. The van der Waals surface area contributed by atoms with E-state index in [4.69, 9.17) is 0 Å². The summed E-state index contributed by atoms with van der Waals surface area (Å²) in [6.07, 6.45) is 0.471. The van der Waals surface area contributed by atoms with Crippen LogP contribution in [0.2, 0.25) is 0 Å². The molecule has 13 heavy (non-hydrogen) atoms. The van der Waals surface area contributed by atoms with Crippen molar-refractivity contribution >= 4 is 0 Å². The maximum atomic E-state index is 14.0. The predicted molar refractivity (Wildman–Crippen MR) is 46.7 cm³/mol. The average molecular weight is 183 g/mol. The Labute approximate surface area is 75.8 Å². The standard InChI is InChI=1S/C10H11F2N/c11-9-3-1-8(2-4-9)10(12)5-6-13-7-10/h1-4,13H,5-7H2. The van der Waals surface area contributed by atoms with Gasteiger partial charge in [-0.25, -0.2) is 8.78 Å². The summed E-state index contributed by atoms with van der Waals surface area (Å²) in [4.78, 5) is 0. The van der Waals surface area contributed by atoms with Crippen LogP contribution < -0.4 is 5.32 Å². The average Bonchev–Trinajstić information content (AvgIpc) is 2.54. The fourth-order valence-electron chi connectivity index (χ4n) is 1.66. The first kappa shape index (κ1) is 8.63. The summed E-state index contributed by atoms with van der Waals surface area (Å²) in [5.74, 6) is -0.321. The molecule has 1 aliphatic heterocycles. The smallest absolute Gasteiger partial charge is 0.149 e. The molecule has 1 aliphatic rings. The first-order chi connectivity index (χ1) is 6.21. The first-order valence-electron chi connectivity index (χ1n) is 4.36. The normalized spacial score (nSPS) is 27.8. The van der Waals surface area contributed by atoms with Crippen molar-refractivity contribution in [2.45, 2.75) is 12.1 Å². The van der Waals surface area contributed by atoms with Crippen LogP contribution >= 0.6 is 0 Å². The Hall–Kier alpha value is -0.960. The van der Waals surface area contributed by atoms with Crippen molar-refractivity contribution in [1.82, 2.24) is 5.32 Å². The number of halogens is 2. The third-order valence-electron chi connectivity index (χ3n) is 2.46. The number of hydrogen-bond acceptors (Lipinski definition) is 1. The molecule has 1 N–H and O–H groups in total. The second-order valence-corrected chi connectivity index (χ2v) is 3.40. The van der Waals surface area contributed by atoms with Crippen molar-refractivity contribution < 1.29 is 8.78 Å². The molecule has 3 heteroatoms. The first-order valence-corrected chi connectivity index (χ1v) is 4.36. The van der Waals surface area contributed by atoms with E-state index in [1.807, 2.05) is 0 Å². The zero-order chi connectivity index (χ0) is 9.31. The second kappa shape index (κ2) is 3.07. The molecule has 2 rings (SSSR count). The van der Waals surface area contributed by atoms with Gasteiger partial charge in [-0.3, -0.25) is 0 Å². The van der Waals surface area contributed by atoms with Crippen LogP contribution in [0.15, 0.2) is 24.3 Å². The Morgan fingerprint density at radius 3 is 2.46 bits per heavy atom. The van der Waals surface area contributed by atoms with E-state index in [0.717, 1.165) is 0 Å². The monoisotopic (exact) mass is 183 g/mol. The lowest BCUT2D eigenvalue weighted by Gasteiger charge is -2.18. The summed E-state index contributed by atoms with van der Waals surface area (Å²) in [7, 11) is 0. The SMILES string of the molecule is Fc1ccc(C2(F)CCNC2)cc1. The van der Waals surface area contributed by atoms with E-state index < -0.39 is 5.67 Å². The van der Waals surface area contributed by atoms with Crippen LogP contribution in [0.4, 0.5) is 8.78 Å². The van der Waals surface area contributed by atoms with Gasteiger partial charge in [0.1, 0.15) is 11.5 Å². The summed E-state index contributed by atoms with van der Waals surface area (Å²) in [5, 5.41) is 2.96. The molecule has 0 aliphatic carbocycles. The minimum atomic E-state index is -1.30.